The molecule has 0 saturated carbocycles. The highest BCUT2D eigenvalue weighted by Gasteiger charge is 2.09. The summed E-state index contributed by atoms with van der Waals surface area (Å²) in [7, 11) is 0. The lowest BCUT2D eigenvalue weighted by atomic mass is 10.1. The Hall–Kier alpha value is -2.23. The molecule has 1 aromatic carbocycles. The first-order valence-electron chi connectivity index (χ1n) is 5.86. The molecule has 0 unspecified atom stereocenters. The molecule has 0 bridgehead atoms. The normalized spacial score (nSPS) is 10.4. The van der Waals surface area contributed by atoms with Gasteiger partial charge >= 0.3 is 0 Å². The molecule has 0 aliphatic heterocycles. The zero-order chi connectivity index (χ0) is 13.0. The summed E-state index contributed by atoms with van der Waals surface area (Å²) in [6, 6.07) is 11.6. The number of rotatable bonds is 3. The van der Waals surface area contributed by atoms with E-state index in [4.69, 9.17) is 0 Å². The molecule has 18 heavy (non-hydrogen) atoms. The minimum atomic E-state index is -0.0889. The van der Waals surface area contributed by atoms with Crippen LogP contribution in [0.5, 0.6) is 0 Å². The molecule has 2 rings (SSSR count). The molecule has 4 heteroatoms. The first-order chi connectivity index (χ1) is 8.66. The Labute approximate surface area is 106 Å². The van der Waals surface area contributed by atoms with E-state index in [0.29, 0.717) is 5.95 Å². The average Bonchev–Trinajstić information content (AvgIpc) is 2.40. The number of amides is 1. The Morgan fingerprint density at radius 1 is 1.17 bits per heavy atom. The highest BCUT2D eigenvalue weighted by Crippen LogP contribution is 2.16. The zero-order valence-electron chi connectivity index (χ0n) is 10.4. The van der Waals surface area contributed by atoms with E-state index in [9.17, 15) is 4.79 Å². The number of hydrogen-bond acceptors (Lipinski definition) is 3. The van der Waals surface area contributed by atoms with E-state index in [-0.39, 0.29) is 11.8 Å². The maximum absolute atomic E-state index is 11.6. The van der Waals surface area contributed by atoms with Crippen LogP contribution >= 0.6 is 0 Å². The van der Waals surface area contributed by atoms with Gasteiger partial charge in [0.1, 0.15) is 0 Å². The van der Waals surface area contributed by atoms with Gasteiger partial charge in [0.05, 0.1) is 5.69 Å². The SMILES string of the molecule is CC(C)C(=O)Nc1nccc(-c2ccccc2)n1. The van der Waals surface area contributed by atoms with E-state index in [1.165, 1.54) is 0 Å². The Morgan fingerprint density at radius 3 is 2.56 bits per heavy atom. The summed E-state index contributed by atoms with van der Waals surface area (Å²) in [6.45, 7) is 3.66. The summed E-state index contributed by atoms with van der Waals surface area (Å²) in [5, 5.41) is 2.69. The fourth-order valence-corrected chi connectivity index (χ4v) is 1.44. The van der Waals surface area contributed by atoms with Crippen LogP contribution in [0.2, 0.25) is 0 Å². The van der Waals surface area contributed by atoms with Crippen LogP contribution in [0, 0.1) is 5.92 Å². The highest BCUT2D eigenvalue weighted by atomic mass is 16.1. The van der Waals surface area contributed by atoms with Crippen LogP contribution in [-0.2, 0) is 4.79 Å². The quantitative estimate of drug-likeness (QED) is 0.898. The molecule has 4 nitrogen and oxygen atoms in total. The lowest BCUT2D eigenvalue weighted by Crippen LogP contribution is -2.19. The fourth-order valence-electron chi connectivity index (χ4n) is 1.44. The van der Waals surface area contributed by atoms with Gasteiger partial charge in [-0.3, -0.25) is 10.1 Å². The summed E-state index contributed by atoms with van der Waals surface area (Å²) in [6.07, 6.45) is 1.64. The lowest BCUT2D eigenvalue weighted by Gasteiger charge is -2.07. The van der Waals surface area contributed by atoms with Crippen molar-refractivity contribution in [1.29, 1.82) is 0 Å². The second-order valence-electron chi connectivity index (χ2n) is 4.28. The molecule has 0 fully saturated rings. The number of benzene rings is 1. The molecule has 1 heterocycles. The Bertz CT molecular complexity index is 538. The van der Waals surface area contributed by atoms with Crippen LogP contribution in [0.1, 0.15) is 13.8 Å². The topological polar surface area (TPSA) is 54.9 Å². The minimum Gasteiger partial charge on any atom is -0.294 e. The number of aromatic nitrogens is 2. The number of nitrogens with zero attached hydrogens (tertiary/aromatic N) is 2. The van der Waals surface area contributed by atoms with Crippen LogP contribution in [0.3, 0.4) is 0 Å². The zero-order valence-corrected chi connectivity index (χ0v) is 10.4. The molecule has 1 N–H and O–H groups in total. The van der Waals surface area contributed by atoms with Gasteiger partial charge in [0.15, 0.2) is 0 Å². The van der Waals surface area contributed by atoms with Crippen molar-refractivity contribution >= 4 is 11.9 Å². The van der Waals surface area contributed by atoms with Gasteiger partial charge in [-0.25, -0.2) is 9.97 Å². The van der Waals surface area contributed by atoms with Gasteiger partial charge in [-0.2, -0.15) is 0 Å². The smallest absolute Gasteiger partial charge is 0.229 e. The van der Waals surface area contributed by atoms with Crippen LogP contribution in [0.25, 0.3) is 11.3 Å². The number of nitrogens with one attached hydrogen (secondary N) is 1. The van der Waals surface area contributed by atoms with Crippen molar-refractivity contribution in [2.75, 3.05) is 5.32 Å². The maximum atomic E-state index is 11.6. The molecule has 0 aliphatic rings. The number of carbonyl (C=O) groups is 1. The van der Waals surface area contributed by atoms with Gasteiger partial charge in [0.2, 0.25) is 11.9 Å². The Balaban J connectivity index is 2.23. The predicted octanol–water partition coefficient (Wildman–Crippen LogP) is 2.74. The molecule has 92 valence electrons. The fraction of sp³-hybridized carbons (Fsp3) is 0.214. The summed E-state index contributed by atoms with van der Waals surface area (Å²) in [5.74, 6) is 0.171. The predicted molar refractivity (Wildman–Crippen MR) is 70.9 cm³/mol. The van der Waals surface area contributed by atoms with Gasteiger partial charge < -0.3 is 0 Å². The Morgan fingerprint density at radius 2 is 1.89 bits per heavy atom. The van der Waals surface area contributed by atoms with Crippen LogP contribution in [-0.4, -0.2) is 15.9 Å². The molecule has 1 amide bonds. The number of hydrogen-bond donors (Lipinski definition) is 1. The van der Waals surface area contributed by atoms with Crippen molar-refractivity contribution in [3.63, 3.8) is 0 Å². The first kappa shape index (κ1) is 12.2. The largest absolute Gasteiger partial charge is 0.294 e. The number of anilines is 1. The van der Waals surface area contributed by atoms with Crippen molar-refractivity contribution in [2.45, 2.75) is 13.8 Å². The second kappa shape index (κ2) is 5.40. The Kier molecular flexibility index (Phi) is 3.67. The van der Waals surface area contributed by atoms with Gasteiger partial charge in [-0.05, 0) is 6.07 Å². The average molecular weight is 241 g/mol. The third kappa shape index (κ3) is 2.91. The minimum absolute atomic E-state index is 0.0831. The third-order valence-electron chi connectivity index (χ3n) is 2.48. The van der Waals surface area contributed by atoms with Crippen LogP contribution < -0.4 is 5.32 Å². The first-order valence-corrected chi connectivity index (χ1v) is 5.86. The molecule has 0 saturated heterocycles. The van der Waals surface area contributed by atoms with Gasteiger partial charge in [-0.15, -0.1) is 0 Å². The standard InChI is InChI=1S/C14H15N3O/c1-10(2)13(18)17-14-15-9-8-12(16-14)11-6-4-3-5-7-11/h3-10H,1-2H3,(H,15,16,17,18). The van der Waals surface area contributed by atoms with E-state index >= 15 is 0 Å². The lowest BCUT2D eigenvalue weighted by molar-refractivity contribution is -0.118. The highest BCUT2D eigenvalue weighted by molar-refractivity contribution is 5.90. The molecule has 0 aliphatic carbocycles. The van der Waals surface area contributed by atoms with E-state index in [1.54, 1.807) is 6.20 Å². The second-order valence-corrected chi connectivity index (χ2v) is 4.28. The summed E-state index contributed by atoms with van der Waals surface area (Å²) >= 11 is 0. The molecule has 1 aromatic heterocycles. The summed E-state index contributed by atoms with van der Waals surface area (Å²) in [5.41, 5.74) is 1.80. The van der Waals surface area contributed by atoms with Crippen molar-refractivity contribution in [3.8, 4) is 11.3 Å². The van der Waals surface area contributed by atoms with Crippen LogP contribution in [0.15, 0.2) is 42.6 Å². The molecule has 0 radical (unpaired) electrons. The van der Waals surface area contributed by atoms with Crippen molar-refractivity contribution in [1.82, 2.24) is 9.97 Å². The molecular formula is C14H15N3O. The molecular weight excluding hydrogens is 226 g/mol. The van der Waals surface area contributed by atoms with Gasteiger partial charge in [0.25, 0.3) is 0 Å². The van der Waals surface area contributed by atoms with Gasteiger partial charge in [-0.1, -0.05) is 44.2 Å². The van der Waals surface area contributed by atoms with Crippen molar-refractivity contribution in [2.24, 2.45) is 5.92 Å². The summed E-state index contributed by atoms with van der Waals surface area (Å²) in [4.78, 5) is 19.9. The molecule has 2 aromatic rings. The van der Waals surface area contributed by atoms with E-state index in [0.717, 1.165) is 11.3 Å². The van der Waals surface area contributed by atoms with Crippen molar-refractivity contribution in [3.05, 3.63) is 42.6 Å². The van der Waals surface area contributed by atoms with E-state index < -0.39 is 0 Å². The van der Waals surface area contributed by atoms with Crippen LogP contribution in [0.4, 0.5) is 5.95 Å². The molecule has 0 spiro atoms. The van der Waals surface area contributed by atoms with Gasteiger partial charge in [0, 0.05) is 17.7 Å². The van der Waals surface area contributed by atoms with E-state index in [2.05, 4.69) is 15.3 Å². The third-order valence-corrected chi connectivity index (χ3v) is 2.48. The monoisotopic (exact) mass is 241 g/mol. The number of carbonyl (C=O) groups excluding carboxylic acids is 1. The molecule has 0 atom stereocenters. The summed E-state index contributed by atoms with van der Waals surface area (Å²) < 4.78 is 0. The van der Waals surface area contributed by atoms with E-state index in [1.807, 2.05) is 50.2 Å². The van der Waals surface area contributed by atoms with Crippen molar-refractivity contribution < 1.29 is 4.79 Å². The maximum Gasteiger partial charge on any atom is 0.229 e.